The lowest BCUT2D eigenvalue weighted by atomic mass is 10.1. The molecular weight excluding hydrogens is 270 g/mol. The van der Waals surface area contributed by atoms with E-state index in [0.29, 0.717) is 5.82 Å². The minimum atomic E-state index is -0.483. The van der Waals surface area contributed by atoms with Gasteiger partial charge in [-0.15, -0.1) is 0 Å². The first kappa shape index (κ1) is 14.0. The monoisotopic (exact) mass is 285 g/mol. The van der Waals surface area contributed by atoms with Gasteiger partial charge in [-0.2, -0.15) is 0 Å². The van der Waals surface area contributed by atoms with Crippen molar-refractivity contribution in [2.45, 2.75) is 31.7 Å². The van der Waals surface area contributed by atoms with Crippen LogP contribution in [0.5, 0.6) is 0 Å². The highest BCUT2D eigenvalue weighted by Crippen LogP contribution is 2.27. The van der Waals surface area contributed by atoms with Crippen molar-refractivity contribution in [3.8, 4) is 0 Å². The molecule has 0 saturated carbocycles. The first-order chi connectivity index (χ1) is 9.11. The zero-order valence-electron chi connectivity index (χ0n) is 10.5. The Morgan fingerprint density at radius 2 is 2.26 bits per heavy atom. The first-order valence-corrected chi connectivity index (χ1v) is 6.69. The molecule has 0 bridgehead atoms. The summed E-state index contributed by atoms with van der Waals surface area (Å²) in [6, 6.07) is 2.60. The molecule has 6 nitrogen and oxygen atoms in total. The van der Waals surface area contributed by atoms with Gasteiger partial charge in [0.15, 0.2) is 0 Å². The van der Waals surface area contributed by atoms with Crippen LogP contribution in [0, 0.1) is 10.1 Å². The van der Waals surface area contributed by atoms with Crippen molar-refractivity contribution in [2.75, 3.05) is 18.1 Å². The lowest BCUT2D eigenvalue weighted by Crippen LogP contribution is -2.38. The third-order valence-electron chi connectivity index (χ3n) is 3.36. The minimum Gasteiger partial charge on any atom is -0.394 e. The number of aromatic nitrogens is 1. The van der Waals surface area contributed by atoms with Crippen molar-refractivity contribution >= 4 is 23.1 Å². The van der Waals surface area contributed by atoms with E-state index in [0.717, 1.165) is 32.2 Å². The normalized spacial score (nSPS) is 20.1. The minimum absolute atomic E-state index is 0.0159. The van der Waals surface area contributed by atoms with Crippen molar-refractivity contribution in [3.63, 3.8) is 0 Å². The number of rotatable bonds is 3. The molecule has 1 aliphatic rings. The second-order valence-electron chi connectivity index (χ2n) is 4.64. The highest BCUT2D eigenvalue weighted by atomic mass is 35.5. The molecule has 0 aromatic carbocycles. The number of aliphatic hydroxyl groups is 1. The Morgan fingerprint density at radius 3 is 2.95 bits per heavy atom. The largest absolute Gasteiger partial charge is 0.394 e. The SMILES string of the molecule is O=[N+]([O-])c1cc(Cl)nc(N2CCCCCC2CO)c1. The van der Waals surface area contributed by atoms with Crippen LogP contribution in [0.3, 0.4) is 0 Å². The van der Waals surface area contributed by atoms with Crippen molar-refractivity contribution in [1.29, 1.82) is 0 Å². The average molecular weight is 286 g/mol. The molecule has 104 valence electrons. The Morgan fingerprint density at radius 1 is 1.47 bits per heavy atom. The number of hydrogen-bond donors (Lipinski definition) is 1. The van der Waals surface area contributed by atoms with Crippen molar-refractivity contribution < 1.29 is 10.0 Å². The van der Waals surface area contributed by atoms with E-state index in [4.69, 9.17) is 11.6 Å². The third-order valence-corrected chi connectivity index (χ3v) is 3.55. The summed E-state index contributed by atoms with van der Waals surface area (Å²) in [5.74, 6) is 0.472. The van der Waals surface area contributed by atoms with Crippen molar-refractivity contribution in [3.05, 3.63) is 27.4 Å². The molecule has 1 fully saturated rings. The van der Waals surface area contributed by atoms with Crippen LogP contribution in [0.15, 0.2) is 12.1 Å². The number of pyridine rings is 1. The zero-order valence-corrected chi connectivity index (χ0v) is 11.2. The Labute approximate surface area is 116 Å². The molecule has 1 N–H and O–H groups in total. The average Bonchev–Trinajstić information content (AvgIpc) is 2.62. The van der Waals surface area contributed by atoms with Gasteiger partial charge in [0.1, 0.15) is 11.0 Å². The molecule has 0 spiro atoms. The molecule has 1 aliphatic heterocycles. The van der Waals surface area contributed by atoms with Crippen LogP contribution in [-0.2, 0) is 0 Å². The van der Waals surface area contributed by atoms with Crippen LogP contribution in [0.1, 0.15) is 25.7 Å². The summed E-state index contributed by atoms with van der Waals surface area (Å²) in [4.78, 5) is 16.5. The maximum atomic E-state index is 10.9. The van der Waals surface area contributed by atoms with Crippen molar-refractivity contribution in [1.82, 2.24) is 4.98 Å². The van der Waals surface area contributed by atoms with Gasteiger partial charge in [-0.1, -0.05) is 24.4 Å². The Bertz CT molecular complexity index is 470. The van der Waals surface area contributed by atoms with E-state index in [1.54, 1.807) is 0 Å². The molecule has 0 amide bonds. The number of nitrogens with zero attached hydrogens (tertiary/aromatic N) is 3. The summed E-state index contributed by atoms with van der Waals surface area (Å²) >= 11 is 5.84. The second kappa shape index (κ2) is 6.16. The maximum Gasteiger partial charge on any atom is 0.276 e. The summed E-state index contributed by atoms with van der Waals surface area (Å²) in [7, 11) is 0. The number of anilines is 1. The van der Waals surface area contributed by atoms with E-state index in [9.17, 15) is 15.2 Å². The first-order valence-electron chi connectivity index (χ1n) is 6.31. The van der Waals surface area contributed by atoms with Gasteiger partial charge in [0.2, 0.25) is 0 Å². The van der Waals surface area contributed by atoms with Gasteiger partial charge in [-0.3, -0.25) is 10.1 Å². The number of nitro groups is 1. The molecular formula is C12H16ClN3O3. The summed E-state index contributed by atoms with van der Waals surface area (Å²) < 4.78 is 0. The van der Waals surface area contributed by atoms with Crippen LogP contribution in [-0.4, -0.2) is 34.2 Å². The molecule has 19 heavy (non-hydrogen) atoms. The van der Waals surface area contributed by atoms with Crippen molar-refractivity contribution in [2.24, 2.45) is 0 Å². The van der Waals surface area contributed by atoms with Crippen LogP contribution in [0.25, 0.3) is 0 Å². The summed E-state index contributed by atoms with van der Waals surface area (Å²) in [5.41, 5.74) is -0.0732. The predicted octanol–water partition coefficient (Wildman–Crippen LogP) is 2.38. The smallest absolute Gasteiger partial charge is 0.276 e. The van der Waals surface area contributed by atoms with E-state index in [1.807, 2.05) is 4.90 Å². The molecule has 1 atom stereocenters. The van der Waals surface area contributed by atoms with E-state index in [1.165, 1.54) is 12.1 Å². The number of hydrogen-bond acceptors (Lipinski definition) is 5. The summed E-state index contributed by atoms with van der Waals surface area (Å²) in [6.07, 6.45) is 3.98. The van der Waals surface area contributed by atoms with Gasteiger partial charge in [0.05, 0.1) is 29.7 Å². The fraction of sp³-hybridized carbons (Fsp3) is 0.583. The quantitative estimate of drug-likeness (QED) is 0.524. The van der Waals surface area contributed by atoms with Gasteiger partial charge in [0.25, 0.3) is 5.69 Å². The third kappa shape index (κ3) is 3.33. The van der Waals surface area contributed by atoms with E-state index < -0.39 is 4.92 Å². The molecule has 2 heterocycles. The van der Waals surface area contributed by atoms with Crippen LogP contribution in [0.2, 0.25) is 5.15 Å². The van der Waals surface area contributed by atoms with Gasteiger partial charge < -0.3 is 10.0 Å². The summed E-state index contributed by atoms with van der Waals surface area (Å²) in [5, 5.41) is 20.4. The Balaban J connectivity index is 2.34. The van der Waals surface area contributed by atoms with Gasteiger partial charge in [-0.25, -0.2) is 4.98 Å². The fourth-order valence-electron chi connectivity index (χ4n) is 2.39. The van der Waals surface area contributed by atoms with Gasteiger partial charge in [0, 0.05) is 6.54 Å². The predicted molar refractivity (Wildman–Crippen MR) is 72.6 cm³/mol. The lowest BCUT2D eigenvalue weighted by Gasteiger charge is -2.29. The molecule has 1 aromatic heterocycles. The van der Waals surface area contributed by atoms with Crippen LogP contribution in [0.4, 0.5) is 11.5 Å². The molecule has 1 unspecified atom stereocenters. The number of aliphatic hydroxyl groups excluding tert-OH is 1. The standard InChI is InChI=1S/C12H16ClN3O3/c13-11-6-10(16(18)19)7-12(14-11)15-5-3-1-2-4-9(15)8-17/h6-7,9,17H,1-5,8H2. The van der Waals surface area contributed by atoms with Crippen LogP contribution < -0.4 is 4.90 Å². The molecule has 0 aliphatic carbocycles. The van der Waals surface area contributed by atoms with E-state index in [-0.39, 0.29) is 23.5 Å². The fourth-order valence-corrected chi connectivity index (χ4v) is 2.59. The maximum absolute atomic E-state index is 10.9. The highest BCUT2D eigenvalue weighted by Gasteiger charge is 2.23. The van der Waals surface area contributed by atoms with Gasteiger partial charge in [-0.05, 0) is 12.8 Å². The Kier molecular flexibility index (Phi) is 4.55. The molecule has 1 saturated heterocycles. The van der Waals surface area contributed by atoms with E-state index >= 15 is 0 Å². The molecule has 0 radical (unpaired) electrons. The Hall–Kier alpha value is -1.40. The lowest BCUT2D eigenvalue weighted by molar-refractivity contribution is -0.384. The number of halogens is 1. The zero-order chi connectivity index (χ0) is 13.8. The van der Waals surface area contributed by atoms with E-state index in [2.05, 4.69) is 4.98 Å². The highest BCUT2D eigenvalue weighted by molar-refractivity contribution is 6.29. The molecule has 1 aromatic rings. The second-order valence-corrected chi connectivity index (χ2v) is 5.03. The summed E-state index contributed by atoms with van der Waals surface area (Å²) in [6.45, 7) is 0.748. The molecule has 2 rings (SSSR count). The molecule has 7 heteroatoms. The van der Waals surface area contributed by atoms with Gasteiger partial charge >= 0.3 is 0 Å². The topological polar surface area (TPSA) is 79.5 Å². The van der Waals surface area contributed by atoms with Crippen LogP contribution >= 0.6 is 11.6 Å².